The minimum Gasteiger partial charge on any atom is -0.494 e. The minimum atomic E-state index is 0.701. The van der Waals surface area contributed by atoms with Crippen LogP contribution in [0, 0.1) is 0 Å². The third-order valence-corrected chi connectivity index (χ3v) is 2.83. The van der Waals surface area contributed by atoms with Crippen LogP contribution in [0.1, 0.15) is 39.5 Å². The van der Waals surface area contributed by atoms with Gasteiger partial charge < -0.3 is 14.8 Å². The van der Waals surface area contributed by atoms with E-state index in [1.807, 2.05) is 31.2 Å². The van der Waals surface area contributed by atoms with E-state index in [4.69, 9.17) is 9.47 Å². The molecule has 1 N–H and O–H groups in total. The lowest BCUT2D eigenvalue weighted by molar-refractivity contribution is 0.303. The number of rotatable bonds is 11. The van der Waals surface area contributed by atoms with Gasteiger partial charge in [0, 0.05) is 0 Å². The summed E-state index contributed by atoms with van der Waals surface area (Å²) in [5, 5.41) is 3.41. The van der Waals surface area contributed by atoms with Gasteiger partial charge in [-0.15, -0.1) is 0 Å². The maximum Gasteiger partial charge on any atom is 0.119 e. The number of benzene rings is 1. The van der Waals surface area contributed by atoms with Crippen molar-refractivity contribution in [3.05, 3.63) is 24.3 Å². The average molecular weight is 265 g/mol. The summed E-state index contributed by atoms with van der Waals surface area (Å²) < 4.78 is 11.1. The summed E-state index contributed by atoms with van der Waals surface area (Å²) in [6.07, 6.45) is 4.77. The SMILES string of the molecule is CCCNCCCCCOc1ccc(OCC)cc1. The molecule has 0 aliphatic rings. The van der Waals surface area contributed by atoms with E-state index in [1.165, 1.54) is 19.3 Å². The van der Waals surface area contributed by atoms with Gasteiger partial charge in [-0.05, 0) is 70.0 Å². The predicted molar refractivity (Wildman–Crippen MR) is 80.1 cm³/mol. The first-order valence-corrected chi connectivity index (χ1v) is 7.43. The molecule has 3 heteroatoms. The standard InChI is InChI=1S/C16H27NO2/c1-3-12-17-13-6-5-7-14-19-16-10-8-15(9-11-16)18-4-2/h8-11,17H,3-7,12-14H2,1-2H3. The van der Waals surface area contributed by atoms with Crippen LogP contribution in [0.2, 0.25) is 0 Å². The summed E-state index contributed by atoms with van der Waals surface area (Å²) in [5.41, 5.74) is 0. The summed E-state index contributed by atoms with van der Waals surface area (Å²) in [6.45, 7) is 7.92. The Balaban J connectivity index is 2.02. The molecule has 0 amide bonds. The van der Waals surface area contributed by atoms with Gasteiger partial charge in [-0.3, -0.25) is 0 Å². The monoisotopic (exact) mass is 265 g/mol. The van der Waals surface area contributed by atoms with Gasteiger partial charge in [0.15, 0.2) is 0 Å². The van der Waals surface area contributed by atoms with Crippen LogP contribution in [0.3, 0.4) is 0 Å². The number of hydrogen-bond donors (Lipinski definition) is 1. The highest BCUT2D eigenvalue weighted by molar-refractivity contribution is 5.31. The van der Waals surface area contributed by atoms with Gasteiger partial charge in [-0.2, -0.15) is 0 Å². The van der Waals surface area contributed by atoms with Gasteiger partial charge in [0.05, 0.1) is 13.2 Å². The van der Waals surface area contributed by atoms with Crippen LogP contribution in [0.5, 0.6) is 11.5 Å². The van der Waals surface area contributed by atoms with Crippen molar-refractivity contribution >= 4 is 0 Å². The molecule has 0 unspecified atom stereocenters. The van der Waals surface area contributed by atoms with Crippen molar-refractivity contribution < 1.29 is 9.47 Å². The zero-order valence-corrected chi connectivity index (χ0v) is 12.3. The van der Waals surface area contributed by atoms with E-state index in [1.54, 1.807) is 0 Å². The molecule has 0 aliphatic carbocycles. The van der Waals surface area contributed by atoms with E-state index in [9.17, 15) is 0 Å². The highest BCUT2D eigenvalue weighted by atomic mass is 16.5. The molecule has 0 radical (unpaired) electrons. The Morgan fingerprint density at radius 2 is 1.53 bits per heavy atom. The van der Waals surface area contributed by atoms with Crippen LogP contribution in [0.25, 0.3) is 0 Å². The first-order chi connectivity index (χ1) is 9.36. The maximum absolute atomic E-state index is 5.69. The summed E-state index contributed by atoms with van der Waals surface area (Å²) in [5.74, 6) is 1.82. The molecule has 1 rings (SSSR count). The van der Waals surface area contributed by atoms with Crippen molar-refractivity contribution in [3.8, 4) is 11.5 Å². The lowest BCUT2D eigenvalue weighted by Crippen LogP contribution is -2.15. The Morgan fingerprint density at radius 1 is 0.842 bits per heavy atom. The summed E-state index contributed by atoms with van der Waals surface area (Å²) in [7, 11) is 0. The fraction of sp³-hybridized carbons (Fsp3) is 0.625. The van der Waals surface area contributed by atoms with E-state index in [2.05, 4.69) is 12.2 Å². The molecule has 19 heavy (non-hydrogen) atoms. The van der Waals surface area contributed by atoms with Crippen molar-refractivity contribution in [2.45, 2.75) is 39.5 Å². The first-order valence-electron chi connectivity index (χ1n) is 7.43. The molecule has 0 bridgehead atoms. The van der Waals surface area contributed by atoms with Gasteiger partial charge >= 0.3 is 0 Å². The fourth-order valence-electron chi connectivity index (χ4n) is 1.82. The third kappa shape index (κ3) is 7.73. The van der Waals surface area contributed by atoms with Crippen LogP contribution < -0.4 is 14.8 Å². The number of hydrogen-bond acceptors (Lipinski definition) is 3. The summed E-state index contributed by atoms with van der Waals surface area (Å²) >= 11 is 0. The topological polar surface area (TPSA) is 30.5 Å². The van der Waals surface area contributed by atoms with E-state index >= 15 is 0 Å². The lowest BCUT2D eigenvalue weighted by Gasteiger charge is -2.08. The Bertz CT molecular complexity index is 311. The molecule has 108 valence electrons. The Kier molecular flexibility index (Phi) is 8.90. The van der Waals surface area contributed by atoms with Gasteiger partial charge in [0.25, 0.3) is 0 Å². The second-order valence-corrected chi connectivity index (χ2v) is 4.56. The molecule has 1 aromatic carbocycles. The number of unbranched alkanes of at least 4 members (excludes halogenated alkanes) is 2. The lowest BCUT2D eigenvalue weighted by atomic mass is 10.2. The van der Waals surface area contributed by atoms with E-state index in [-0.39, 0.29) is 0 Å². The van der Waals surface area contributed by atoms with Crippen LogP contribution in [0.15, 0.2) is 24.3 Å². The smallest absolute Gasteiger partial charge is 0.119 e. The molecule has 3 nitrogen and oxygen atoms in total. The van der Waals surface area contributed by atoms with Gasteiger partial charge in [0.2, 0.25) is 0 Å². The summed E-state index contributed by atoms with van der Waals surface area (Å²) in [6, 6.07) is 7.84. The molecule has 0 saturated carbocycles. The normalized spacial score (nSPS) is 10.4. The zero-order chi connectivity index (χ0) is 13.8. The van der Waals surface area contributed by atoms with Crippen LogP contribution in [-0.4, -0.2) is 26.3 Å². The third-order valence-electron chi connectivity index (χ3n) is 2.83. The average Bonchev–Trinajstić information content (AvgIpc) is 2.44. The molecular weight excluding hydrogens is 238 g/mol. The molecule has 0 fully saturated rings. The van der Waals surface area contributed by atoms with Crippen molar-refractivity contribution in [3.63, 3.8) is 0 Å². The van der Waals surface area contributed by atoms with Gasteiger partial charge in [0.1, 0.15) is 11.5 Å². The highest BCUT2D eigenvalue weighted by Crippen LogP contribution is 2.17. The summed E-state index contributed by atoms with van der Waals surface area (Å²) in [4.78, 5) is 0. The Morgan fingerprint density at radius 3 is 2.16 bits per heavy atom. The second kappa shape index (κ2) is 10.7. The van der Waals surface area contributed by atoms with E-state index in [0.29, 0.717) is 6.61 Å². The molecule has 0 spiro atoms. The largest absolute Gasteiger partial charge is 0.494 e. The fourth-order valence-corrected chi connectivity index (χ4v) is 1.82. The van der Waals surface area contributed by atoms with Crippen molar-refractivity contribution in [2.75, 3.05) is 26.3 Å². The van der Waals surface area contributed by atoms with Crippen LogP contribution >= 0.6 is 0 Å². The second-order valence-electron chi connectivity index (χ2n) is 4.56. The number of ether oxygens (including phenoxy) is 2. The van der Waals surface area contributed by atoms with Gasteiger partial charge in [-0.1, -0.05) is 6.92 Å². The molecule has 0 aromatic heterocycles. The predicted octanol–water partition coefficient (Wildman–Crippen LogP) is 3.63. The molecule has 1 aromatic rings. The number of nitrogens with one attached hydrogen (secondary N) is 1. The van der Waals surface area contributed by atoms with E-state index < -0.39 is 0 Å². The minimum absolute atomic E-state index is 0.701. The van der Waals surface area contributed by atoms with Gasteiger partial charge in [-0.25, -0.2) is 0 Å². The quantitative estimate of drug-likeness (QED) is 0.620. The van der Waals surface area contributed by atoms with Crippen LogP contribution in [0.4, 0.5) is 0 Å². The maximum atomic E-state index is 5.69. The first kappa shape index (κ1) is 15.8. The highest BCUT2D eigenvalue weighted by Gasteiger charge is 1.96. The molecule has 0 atom stereocenters. The Labute approximate surface area is 117 Å². The van der Waals surface area contributed by atoms with E-state index in [0.717, 1.165) is 37.6 Å². The molecule has 0 aliphatic heterocycles. The van der Waals surface area contributed by atoms with Crippen molar-refractivity contribution in [1.29, 1.82) is 0 Å². The Hall–Kier alpha value is -1.22. The van der Waals surface area contributed by atoms with Crippen molar-refractivity contribution in [2.24, 2.45) is 0 Å². The zero-order valence-electron chi connectivity index (χ0n) is 12.3. The molecule has 0 saturated heterocycles. The molecule has 0 heterocycles. The molecular formula is C16H27NO2. The van der Waals surface area contributed by atoms with Crippen LogP contribution in [-0.2, 0) is 0 Å². The van der Waals surface area contributed by atoms with Crippen molar-refractivity contribution in [1.82, 2.24) is 5.32 Å².